The summed E-state index contributed by atoms with van der Waals surface area (Å²) in [6, 6.07) is -0.532. The van der Waals surface area contributed by atoms with Crippen molar-refractivity contribution in [3.8, 4) is 0 Å². The topological polar surface area (TPSA) is 87.3 Å². The largest absolute Gasteiger partial charge is 0.356 e. The summed E-state index contributed by atoms with van der Waals surface area (Å²) in [4.78, 5) is 32.7. The molecule has 2 atom stereocenters. The quantitative estimate of drug-likeness (QED) is 0.496. The second kappa shape index (κ2) is 6.09. The fourth-order valence-corrected chi connectivity index (χ4v) is 1.62. The van der Waals surface area contributed by atoms with Crippen LogP contribution in [0, 0.1) is 5.92 Å². The van der Waals surface area contributed by atoms with Crippen molar-refractivity contribution in [2.24, 2.45) is 5.92 Å². The molecule has 0 aromatic heterocycles. The molecule has 16 heavy (non-hydrogen) atoms. The van der Waals surface area contributed by atoms with E-state index in [0.717, 1.165) is 13.0 Å². The molecule has 3 N–H and O–H groups in total. The molecule has 1 rings (SSSR count). The minimum atomic E-state index is -0.532. The lowest BCUT2D eigenvalue weighted by Gasteiger charge is -2.12. The highest BCUT2D eigenvalue weighted by Gasteiger charge is 2.23. The zero-order chi connectivity index (χ0) is 12.0. The fourth-order valence-electron chi connectivity index (χ4n) is 1.62. The van der Waals surface area contributed by atoms with Crippen molar-refractivity contribution in [2.45, 2.75) is 25.8 Å². The van der Waals surface area contributed by atoms with Crippen LogP contribution in [0.4, 0.5) is 0 Å². The van der Waals surface area contributed by atoms with Crippen LogP contribution in [0.1, 0.15) is 19.8 Å². The second-order valence-electron chi connectivity index (χ2n) is 3.86. The number of carbonyl (C=O) groups is 3. The third-order valence-electron chi connectivity index (χ3n) is 2.67. The van der Waals surface area contributed by atoms with E-state index in [1.807, 2.05) is 0 Å². The van der Waals surface area contributed by atoms with Gasteiger partial charge in [-0.1, -0.05) is 0 Å². The molecule has 1 saturated heterocycles. The monoisotopic (exact) mass is 227 g/mol. The van der Waals surface area contributed by atoms with Gasteiger partial charge in [0.2, 0.25) is 18.2 Å². The van der Waals surface area contributed by atoms with Crippen molar-refractivity contribution in [2.75, 3.05) is 13.1 Å². The average Bonchev–Trinajstić information content (AvgIpc) is 2.65. The molecule has 0 saturated carbocycles. The number of carbonyl (C=O) groups excluding carboxylic acids is 3. The third-order valence-corrected chi connectivity index (χ3v) is 2.67. The lowest BCUT2D eigenvalue weighted by atomic mass is 10.0. The Bertz CT molecular complexity index is 280. The van der Waals surface area contributed by atoms with Gasteiger partial charge in [0, 0.05) is 19.0 Å². The molecule has 0 aromatic carbocycles. The summed E-state index contributed by atoms with van der Waals surface area (Å²) in [5, 5.41) is 7.78. The molecule has 1 heterocycles. The van der Waals surface area contributed by atoms with Crippen LogP contribution >= 0.6 is 0 Å². The minimum absolute atomic E-state index is 0.00892. The van der Waals surface area contributed by atoms with E-state index >= 15 is 0 Å². The zero-order valence-electron chi connectivity index (χ0n) is 9.29. The second-order valence-corrected chi connectivity index (χ2v) is 3.86. The van der Waals surface area contributed by atoms with Crippen molar-refractivity contribution in [1.29, 1.82) is 0 Å². The first-order valence-electron chi connectivity index (χ1n) is 5.40. The van der Waals surface area contributed by atoms with Gasteiger partial charge in [0.15, 0.2) is 0 Å². The molecule has 0 aromatic rings. The molecule has 1 aliphatic heterocycles. The van der Waals surface area contributed by atoms with E-state index in [0.29, 0.717) is 19.4 Å². The van der Waals surface area contributed by atoms with Gasteiger partial charge >= 0.3 is 0 Å². The van der Waals surface area contributed by atoms with Crippen LogP contribution in [0.3, 0.4) is 0 Å². The van der Waals surface area contributed by atoms with E-state index in [9.17, 15) is 14.4 Å². The van der Waals surface area contributed by atoms with E-state index in [1.54, 1.807) is 6.92 Å². The molecule has 90 valence electrons. The highest BCUT2D eigenvalue weighted by molar-refractivity contribution is 5.83. The maximum Gasteiger partial charge on any atom is 0.242 e. The number of hydrogen-bond donors (Lipinski definition) is 3. The van der Waals surface area contributed by atoms with Crippen molar-refractivity contribution < 1.29 is 14.4 Å². The van der Waals surface area contributed by atoms with E-state index in [1.165, 1.54) is 0 Å². The van der Waals surface area contributed by atoms with Crippen molar-refractivity contribution in [3.05, 3.63) is 0 Å². The molecule has 6 nitrogen and oxygen atoms in total. The Labute approximate surface area is 94.2 Å². The molecule has 0 radical (unpaired) electrons. The Morgan fingerprint density at radius 1 is 1.69 bits per heavy atom. The Hall–Kier alpha value is -1.59. The van der Waals surface area contributed by atoms with E-state index < -0.39 is 6.04 Å². The van der Waals surface area contributed by atoms with Gasteiger partial charge in [-0.3, -0.25) is 14.4 Å². The smallest absolute Gasteiger partial charge is 0.242 e. The van der Waals surface area contributed by atoms with Crippen LogP contribution in [0.25, 0.3) is 0 Å². The average molecular weight is 227 g/mol. The molecule has 6 heteroatoms. The van der Waals surface area contributed by atoms with Crippen LogP contribution < -0.4 is 16.0 Å². The van der Waals surface area contributed by atoms with Gasteiger partial charge in [0.25, 0.3) is 0 Å². The van der Waals surface area contributed by atoms with Gasteiger partial charge in [-0.05, 0) is 19.8 Å². The van der Waals surface area contributed by atoms with Gasteiger partial charge < -0.3 is 16.0 Å². The van der Waals surface area contributed by atoms with Gasteiger partial charge in [-0.15, -0.1) is 0 Å². The summed E-state index contributed by atoms with van der Waals surface area (Å²) < 4.78 is 0. The molecule has 0 spiro atoms. The Kier molecular flexibility index (Phi) is 4.75. The van der Waals surface area contributed by atoms with E-state index in [-0.39, 0.29) is 17.7 Å². The van der Waals surface area contributed by atoms with Gasteiger partial charge in [0.05, 0.1) is 0 Å². The number of amides is 3. The molecule has 0 aliphatic carbocycles. The maximum atomic E-state index is 11.4. The summed E-state index contributed by atoms with van der Waals surface area (Å²) in [6.07, 6.45) is 1.97. The van der Waals surface area contributed by atoms with Crippen LogP contribution in [0.2, 0.25) is 0 Å². The first-order chi connectivity index (χ1) is 7.65. The standard InChI is InChI=1S/C10H17N3O3/c1-7(13-6-14)9(15)11-4-2-8-3-5-12-10(8)16/h6-8H,2-5H2,1H3,(H,11,15)(H,12,16)(H,13,14)/t7-,8?/m0/s1. The van der Waals surface area contributed by atoms with E-state index in [4.69, 9.17) is 0 Å². The van der Waals surface area contributed by atoms with Crippen molar-refractivity contribution in [1.82, 2.24) is 16.0 Å². The molecule has 3 amide bonds. The molecular weight excluding hydrogens is 210 g/mol. The molecule has 0 bridgehead atoms. The summed E-state index contributed by atoms with van der Waals surface area (Å²) in [5.41, 5.74) is 0. The predicted molar refractivity (Wildman–Crippen MR) is 57.4 cm³/mol. The van der Waals surface area contributed by atoms with E-state index in [2.05, 4.69) is 16.0 Å². The number of rotatable bonds is 6. The third kappa shape index (κ3) is 3.52. The Morgan fingerprint density at radius 3 is 3.00 bits per heavy atom. The highest BCUT2D eigenvalue weighted by Crippen LogP contribution is 2.12. The molecule has 1 unspecified atom stereocenters. The van der Waals surface area contributed by atoms with Crippen LogP contribution in [-0.4, -0.2) is 37.4 Å². The lowest BCUT2D eigenvalue weighted by Crippen LogP contribution is -2.42. The Morgan fingerprint density at radius 2 is 2.44 bits per heavy atom. The van der Waals surface area contributed by atoms with Crippen molar-refractivity contribution in [3.63, 3.8) is 0 Å². The van der Waals surface area contributed by atoms with Gasteiger partial charge in [-0.2, -0.15) is 0 Å². The van der Waals surface area contributed by atoms with Crippen molar-refractivity contribution >= 4 is 18.2 Å². The minimum Gasteiger partial charge on any atom is -0.356 e. The van der Waals surface area contributed by atoms with Gasteiger partial charge in [0.1, 0.15) is 6.04 Å². The summed E-state index contributed by atoms with van der Waals surface area (Å²) >= 11 is 0. The lowest BCUT2D eigenvalue weighted by molar-refractivity contribution is -0.125. The number of hydrogen-bond acceptors (Lipinski definition) is 3. The summed E-state index contributed by atoms with van der Waals surface area (Å²) in [6.45, 7) is 2.79. The normalized spacial score (nSPS) is 21.1. The highest BCUT2D eigenvalue weighted by atomic mass is 16.2. The fraction of sp³-hybridized carbons (Fsp3) is 0.700. The molecule has 1 fully saturated rings. The first-order valence-corrected chi connectivity index (χ1v) is 5.40. The first kappa shape index (κ1) is 12.5. The SMILES string of the molecule is C[C@H](NC=O)C(=O)NCCC1CCNC1=O. The Balaban J connectivity index is 2.17. The maximum absolute atomic E-state index is 11.4. The zero-order valence-corrected chi connectivity index (χ0v) is 9.29. The molecular formula is C10H17N3O3. The van der Waals surface area contributed by atoms with Crippen LogP contribution in [0.15, 0.2) is 0 Å². The summed E-state index contributed by atoms with van der Waals surface area (Å²) in [7, 11) is 0. The molecule has 1 aliphatic rings. The van der Waals surface area contributed by atoms with Gasteiger partial charge in [-0.25, -0.2) is 0 Å². The number of nitrogens with one attached hydrogen (secondary N) is 3. The van der Waals surface area contributed by atoms with Crippen LogP contribution in [-0.2, 0) is 14.4 Å². The summed E-state index contributed by atoms with van der Waals surface area (Å²) in [5.74, 6) is -0.159. The predicted octanol–water partition coefficient (Wildman–Crippen LogP) is -1.24. The van der Waals surface area contributed by atoms with Crippen LogP contribution in [0.5, 0.6) is 0 Å².